The average molecular weight is 635 g/mol. The maximum atomic E-state index is 12.9. The minimum Gasteiger partial charge on any atom is -0.490 e. The predicted molar refractivity (Wildman–Crippen MR) is 148 cm³/mol. The molecule has 0 unspecified atom stereocenters. The second kappa shape index (κ2) is 11.7. The number of nitrogens with one attached hydrogen (secondary N) is 1. The molecule has 38 heavy (non-hydrogen) atoms. The van der Waals surface area contributed by atoms with Gasteiger partial charge < -0.3 is 9.47 Å². The molecule has 196 valence electrons. The molecule has 0 bridgehead atoms. The molecule has 0 aliphatic heterocycles. The summed E-state index contributed by atoms with van der Waals surface area (Å²) in [5.41, 5.74) is 2.05. The van der Waals surface area contributed by atoms with Gasteiger partial charge in [-0.15, -0.1) is 0 Å². The normalized spacial score (nSPS) is 11.6. The molecule has 0 saturated heterocycles. The minimum absolute atomic E-state index is 0.172. The molecule has 7 nitrogen and oxygen atoms in total. The summed E-state index contributed by atoms with van der Waals surface area (Å²) >= 11 is 2.12. The molecule has 0 saturated carbocycles. The number of ether oxygens (including phenoxy) is 2. The molecule has 0 fully saturated rings. The summed E-state index contributed by atoms with van der Waals surface area (Å²) in [4.78, 5) is 10.4. The van der Waals surface area contributed by atoms with Crippen LogP contribution in [0.4, 0.5) is 24.5 Å². The van der Waals surface area contributed by atoms with Crippen LogP contribution in [0.15, 0.2) is 77.9 Å². The second-order valence-corrected chi connectivity index (χ2v) is 9.21. The Bertz CT molecular complexity index is 1500. The highest BCUT2D eigenvalue weighted by molar-refractivity contribution is 14.1. The van der Waals surface area contributed by atoms with Crippen molar-refractivity contribution in [3.63, 3.8) is 0 Å². The molecule has 0 heterocycles. The van der Waals surface area contributed by atoms with Crippen molar-refractivity contribution in [3.8, 4) is 11.5 Å². The fourth-order valence-electron chi connectivity index (χ4n) is 3.76. The zero-order valence-electron chi connectivity index (χ0n) is 20.0. The van der Waals surface area contributed by atoms with E-state index >= 15 is 0 Å². The zero-order valence-corrected chi connectivity index (χ0v) is 22.1. The third-order valence-corrected chi connectivity index (χ3v) is 6.31. The highest BCUT2D eigenvalue weighted by atomic mass is 127. The third-order valence-electron chi connectivity index (χ3n) is 5.50. The van der Waals surface area contributed by atoms with E-state index < -0.39 is 22.4 Å². The molecule has 0 radical (unpaired) electrons. The summed E-state index contributed by atoms with van der Waals surface area (Å²) in [7, 11) is 0. The van der Waals surface area contributed by atoms with Gasteiger partial charge in [0.15, 0.2) is 11.5 Å². The summed E-state index contributed by atoms with van der Waals surface area (Å²) in [6, 6.07) is 19.7. The monoisotopic (exact) mass is 635 g/mol. The Labute approximate surface area is 229 Å². The Kier molecular flexibility index (Phi) is 8.35. The van der Waals surface area contributed by atoms with Gasteiger partial charge >= 0.3 is 6.18 Å². The molecule has 0 aromatic heterocycles. The van der Waals surface area contributed by atoms with Crippen molar-refractivity contribution in [2.75, 3.05) is 12.0 Å². The number of hydrogen-bond acceptors (Lipinski definition) is 6. The van der Waals surface area contributed by atoms with Crippen LogP contribution in [0.2, 0.25) is 0 Å². The van der Waals surface area contributed by atoms with Gasteiger partial charge in [0.2, 0.25) is 0 Å². The smallest absolute Gasteiger partial charge is 0.416 e. The van der Waals surface area contributed by atoms with Crippen LogP contribution < -0.4 is 14.9 Å². The molecule has 0 amide bonds. The first-order valence-electron chi connectivity index (χ1n) is 11.4. The van der Waals surface area contributed by atoms with E-state index in [2.05, 4.69) is 33.1 Å². The number of anilines is 1. The van der Waals surface area contributed by atoms with E-state index in [0.717, 1.165) is 32.0 Å². The van der Waals surface area contributed by atoms with Gasteiger partial charge in [-0.3, -0.25) is 15.5 Å². The van der Waals surface area contributed by atoms with E-state index in [-0.39, 0.29) is 5.69 Å². The second-order valence-electron chi connectivity index (χ2n) is 8.05. The van der Waals surface area contributed by atoms with E-state index in [4.69, 9.17) is 9.47 Å². The van der Waals surface area contributed by atoms with Crippen molar-refractivity contribution in [2.24, 2.45) is 5.10 Å². The summed E-state index contributed by atoms with van der Waals surface area (Å²) in [6.07, 6.45) is -3.31. The van der Waals surface area contributed by atoms with Crippen molar-refractivity contribution in [1.82, 2.24) is 0 Å². The molecule has 4 rings (SSSR count). The largest absolute Gasteiger partial charge is 0.490 e. The Morgan fingerprint density at radius 2 is 1.82 bits per heavy atom. The molecular weight excluding hydrogens is 614 g/mol. The lowest BCUT2D eigenvalue weighted by Crippen LogP contribution is -2.06. The lowest BCUT2D eigenvalue weighted by atomic mass is 10.1. The Morgan fingerprint density at radius 3 is 2.55 bits per heavy atom. The van der Waals surface area contributed by atoms with Crippen LogP contribution >= 0.6 is 22.6 Å². The number of hydrazone groups is 1. The molecule has 4 aromatic rings. The summed E-state index contributed by atoms with van der Waals surface area (Å²) in [6.45, 7) is 2.55. The van der Waals surface area contributed by atoms with Crippen molar-refractivity contribution >= 4 is 51.0 Å². The fourth-order valence-corrected chi connectivity index (χ4v) is 4.54. The molecule has 1 N–H and O–H groups in total. The fraction of sp³-hybridized carbons (Fsp3) is 0.148. The van der Waals surface area contributed by atoms with Crippen LogP contribution in [-0.2, 0) is 12.8 Å². The Hall–Kier alpha value is -3.87. The van der Waals surface area contributed by atoms with Gasteiger partial charge in [0.05, 0.1) is 26.9 Å². The number of rotatable bonds is 9. The first-order valence-corrected chi connectivity index (χ1v) is 12.5. The zero-order chi connectivity index (χ0) is 27.3. The van der Waals surface area contributed by atoms with E-state index in [0.29, 0.717) is 36.3 Å². The van der Waals surface area contributed by atoms with E-state index in [9.17, 15) is 23.3 Å². The van der Waals surface area contributed by atoms with Gasteiger partial charge in [0, 0.05) is 6.07 Å². The number of alkyl halides is 3. The topological polar surface area (TPSA) is 86.0 Å². The van der Waals surface area contributed by atoms with Crippen molar-refractivity contribution < 1.29 is 27.6 Å². The minimum atomic E-state index is -4.70. The van der Waals surface area contributed by atoms with Gasteiger partial charge in [-0.1, -0.05) is 42.5 Å². The highest BCUT2D eigenvalue weighted by Crippen LogP contribution is 2.36. The Balaban J connectivity index is 1.55. The number of halogens is 4. The SMILES string of the molecule is CCOc1cc(/C=N\Nc2ccc(C(F)(F)F)cc2[N+](=O)[O-])cc(I)c1OCc1cccc2ccccc12. The predicted octanol–water partition coefficient (Wildman–Crippen LogP) is 7.80. The first kappa shape index (κ1) is 27.2. The number of hydrogen-bond donors (Lipinski definition) is 1. The first-order chi connectivity index (χ1) is 18.2. The molecule has 0 atom stereocenters. The lowest BCUT2D eigenvalue weighted by molar-refractivity contribution is -0.384. The number of nitro benzene ring substituents is 1. The molecule has 0 aliphatic rings. The van der Waals surface area contributed by atoms with Crippen LogP contribution in [0.5, 0.6) is 11.5 Å². The number of fused-ring (bicyclic) bond motifs is 1. The van der Waals surface area contributed by atoms with Gasteiger partial charge in [-0.05, 0) is 75.7 Å². The van der Waals surface area contributed by atoms with Crippen LogP contribution in [-0.4, -0.2) is 17.7 Å². The number of benzene rings is 4. The molecule has 0 aliphatic carbocycles. The van der Waals surface area contributed by atoms with E-state index in [1.807, 2.05) is 49.4 Å². The lowest BCUT2D eigenvalue weighted by Gasteiger charge is -2.15. The van der Waals surface area contributed by atoms with Crippen LogP contribution in [0, 0.1) is 13.7 Å². The van der Waals surface area contributed by atoms with Crippen molar-refractivity contribution in [1.29, 1.82) is 0 Å². The van der Waals surface area contributed by atoms with E-state index in [1.54, 1.807) is 12.1 Å². The van der Waals surface area contributed by atoms with Crippen LogP contribution in [0.3, 0.4) is 0 Å². The summed E-state index contributed by atoms with van der Waals surface area (Å²) < 4.78 is 51.5. The highest BCUT2D eigenvalue weighted by Gasteiger charge is 2.33. The van der Waals surface area contributed by atoms with E-state index in [1.165, 1.54) is 6.21 Å². The number of nitrogens with zero attached hydrogens (tertiary/aromatic N) is 2. The maximum absolute atomic E-state index is 12.9. The average Bonchev–Trinajstić information content (AvgIpc) is 2.88. The molecule has 0 spiro atoms. The van der Waals surface area contributed by atoms with Gasteiger partial charge in [-0.2, -0.15) is 18.3 Å². The molecule has 4 aromatic carbocycles. The summed E-state index contributed by atoms with van der Waals surface area (Å²) in [5.74, 6) is 1.05. The maximum Gasteiger partial charge on any atom is 0.416 e. The quantitative estimate of drug-likeness (QED) is 0.0879. The molecular formula is C27H21F3IN3O4. The van der Waals surface area contributed by atoms with Crippen molar-refractivity contribution in [2.45, 2.75) is 19.7 Å². The van der Waals surface area contributed by atoms with Crippen LogP contribution in [0.25, 0.3) is 10.8 Å². The van der Waals surface area contributed by atoms with Gasteiger partial charge in [0.1, 0.15) is 12.3 Å². The number of nitro groups is 1. The van der Waals surface area contributed by atoms with Crippen LogP contribution in [0.1, 0.15) is 23.6 Å². The summed E-state index contributed by atoms with van der Waals surface area (Å²) in [5, 5.41) is 17.5. The van der Waals surface area contributed by atoms with Crippen molar-refractivity contribution in [3.05, 3.63) is 103 Å². The molecule has 11 heteroatoms. The van der Waals surface area contributed by atoms with Gasteiger partial charge in [0.25, 0.3) is 5.69 Å². The standard InChI is InChI=1S/C27H21F3IN3O4/c1-2-37-25-13-17(15-32-33-23-11-10-20(27(28,29)30)14-24(23)34(35)36)12-22(31)26(25)38-16-19-8-5-7-18-6-3-4-9-21(18)19/h3-15,33H,2,16H2,1H3/b32-15-. The van der Waals surface area contributed by atoms with Gasteiger partial charge in [-0.25, -0.2) is 0 Å². The third kappa shape index (κ3) is 6.33. The Morgan fingerprint density at radius 1 is 1.05 bits per heavy atom.